The van der Waals surface area contributed by atoms with E-state index in [9.17, 15) is 14.9 Å². The fraction of sp³-hybridized carbons (Fsp3) is 0.154. The number of ether oxygens (including phenoxy) is 1. The van der Waals surface area contributed by atoms with Gasteiger partial charge in [-0.3, -0.25) is 19.5 Å². The van der Waals surface area contributed by atoms with Crippen LogP contribution in [0.2, 0.25) is 0 Å². The van der Waals surface area contributed by atoms with Gasteiger partial charge in [-0.15, -0.1) is 11.3 Å². The molecule has 0 saturated carbocycles. The number of benzene rings is 1. The molecule has 20 heavy (non-hydrogen) atoms. The molecule has 0 saturated heterocycles. The van der Waals surface area contributed by atoms with Crippen molar-refractivity contribution < 1.29 is 9.66 Å². The van der Waals surface area contributed by atoms with Crippen molar-refractivity contribution in [2.24, 2.45) is 7.05 Å². The molecule has 0 unspecified atom stereocenters. The summed E-state index contributed by atoms with van der Waals surface area (Å²) in [6.45, 7) is 0. The Bertz CT molecular complexity index is 820. The molecule has 0 bridgehead atoms. The van der Waals surface area contributed by atoms with Crippen molar-refractivity contribution in [3.63, 3.8) is 0 Å². The summed E-state index contributed by atoms with van der Waals surface area (Å²) in [5.74, 6) is 0.684. The zero-order chi connectivity index (χ0) is 14.7. The molecule has 0 fully saturated rings. The predicted octanol–water partition coefficient (Wildman–Crippen LogP) is 0.299. The fourth-order valence-electron chi connectivity index (χ4n) is 1.67. The Morgan fingerprint density at radius 2 is 2.20 bits per heavy atom. The van der Waals surface area contributed by atoms with Gasteiger partial charge in [0.1, 0.15) is 5.75 Å². The first-order valence-corrected chi connectivity index (χ1v) is 6.50. The maximum atomic E-state index is 12.0. The Hall–Kier alpha value is -2.41. The number of methoxy groups -OCH3 is 1. The molecule has 1 aromatic heterocycles. The van der Waals surface area contributed by atoms with E-state index in [2.05, 4.69) is 0 Å². The Kier molecular flexibility index (Phi) is 3.99. The van der Waals surface area contributed by atoms with Crippen LogP contribution < -0.4 is 19.5 Å². The molecule has 7 heteroatoms. The average molecular weight is 292 g/mol. The zero-order valence-electron chi connectivity index (χ0n) is 10.9. The molecule has 0 aliphatic carbocycles. The summed E-state index contributed by atoms with van der Waals surface area (Å²) in [6, 6.07) is 7.23. The van der Waals surface area contributed by atoms with Gasteiger partial charge in [0.05, 0.1) is 16.6 Å². The SMILES string of the molecule is COc1cccc(/C=c2/s/c(=C/[N+](=O)[O-])n(C)c2=O)c1. The average Bonchev–Trinajstić information content (AvgIpc) is 2.67. The number of nitro groups is 1. The van der Waals surface area contributed by atoms with E-state index in [1.54, 1.807) is 25.3 Å². The highest BCUT2D eigenvalue weighted by Crippen LogP contribution is 2.12. The first kappa shape index (κ1) is 14.0. The van der Waals surface area contributed by atoms with Crippen LogP contribution in [0, 0.1) is 10.1 Å². The molecule has 0 N–H and O–H groups in total. The van der Waals surface area contributed by atoms with E-state index in [1.807, 2.05) is 12.1 Å². The summed E-state index contributed by atoms with van der Waals surface area (Å²) in [6.07, 6.45) is 2.52. The lowest BCUT2D eigenvalue weighted by atomic mass is 10.2. The highest BCUT2D eigenvalue weighted by molar-refractivity contribution is 7.07. The minimum Gasteiger partial charge on any atom is -0.497 e. The monoisotopic (exact) mass is 292 g/mol. The van der Waals surface area contributed by atoms with Crippen molar-refractivity contribution in [2.45, 2.75) is 0 Å². The first-order chi connectivity index (χ1) is 9.51. The molecule has 0 radical (unpaired) electrons. The van der Waals surface area contributed by atoms with Crippen LogP contribution in [-0.4, -0.2) is 16.6 Å². The number of rotatable bonds is 3. The van der Waals surface area contributed by atoms with E-state index >= 15 is 0 Å². The third-order valence-electron chi connectivity index (χ3n) is 2.67. The summed E-state index contributed by atoms with van der Waals surface area (Å²) < 4.78 is 7.11. The standard InChI is InChI=1S/C13H12N2O4S/c1-14-12(8-15(17)18)20-11(13(14)16)7-9-4-3-5-10(6-9)19-2/h3-8H,1-2H3/b11-7+,12-8+. The molecule has 0 spiro atoms. The lowest BCUT2D eigenvalue weighted by molar-refractivity contribution is -0.363. The fourth-order valence-corrected chi connectivity index (χ4v) is 2.67. The highest BCUT2D eigenvalue weighted by Gasteiger charge is 2.03. The van der Waals surface area contributed by atoms with Crippen LogP contribution in [0.5, 0.6) is 5.75 Å². The number of aromatic nitrogens is 1. The Labute approximate surface area is 118 Å². The Balaban J connectivity index is 2.61. The Morgan fingerprint density at radius 1 is 1.45 bits per heavy atom. The third kappa shape index (κ3) is 2.94. The van der Waals surface area contributed by atoms with Crippen molar-refractivity contribution in [3.8, 4) is 5.75 Å². The van der Waals surface area contributed by atoms with Gasteiger partial charge >= 0.3 is 0 Å². The minimum absolute atomic E-state index is 0.258. The van der Waals surface area contributed by atoms with Crippen LogP contribution in [0.15, 0.2) is 29.1 Å². The summed E-state index contributed by atoms with van der Waals surface area (Å²) in [4.78, 5) is 21.9. The van der Waals surface area contributed by atoms with E-state index in [4.69, 9.17) is 4.74 Å². The van der Waals surface area contributed by atoms with Gasteiger partial charge in [0, 0.05) is 7.05 Å². The smallest absolute Gasteiger partial charge is 0.268 e. The number of hydrogen-bond donors (Lipinski definition) is 0. The van der Waals surface area contributed by atoms with Crippen molar-refractivity contribution >= 4 is 23.6 Å². The van der Waals surface area contributed by atoms with Gasteiger partial charge < -0.3 is 4.74 Å². The largest absolute Gasteiger partial charge is 0.497 e. The van der Waals surface area contributed by atoms with Gasteiger partial charge in [0.25, 0.3) is 11.8 Å². The van der Waals surface area contributed by atoms with Gasteiger partial charge in [-0.25, -0.2) is 0 Å². The van der Waals surface area contributed by atoms with E-state index in [0.717, 1.165) is 23.1 Å². The maximum absolute atomic E-state index is 12.0. The summed E-state index contributed by atoms with van der Waals surface area (Å²) in [5.41, 5.74) is 0.543. The van der Waals surface area contributed by atoms with E-state index < -0.39 is 4.92 Å². The van der Waals surface area contributed by atoms with Crippen LogP contribution in [0.25, 0.3) is 12.3 Å². The lowest BCUT2D eigenvalue weighted by Crippen LogP contribution is -2.29. The molecule has 0 amide bonds. The van der Waals surface area contributed by atoms with Crippen molar-refractivity contribution in [1.29, 1.82) is 0 Å². The predicted molar refractivity (Wildman–Crippen MR) is 76.8 cm³/mol. The zero-order valence-corrected chi connectivity index (χ0v) is 11.7. The van der Waals surface area contributed by atoms with Crippen molar-refractivity contribution in [3.05, 3.63) is 59.5 Å². The van der Waals surface area contributed by atoms with Crippen molar-refractivity contribution in [1.82, 2.24) is 4.57 Å². The van der Waals surface area contributed by atoms with Gasteiger partial charge in [0.15, 0.2) is 4.66 Å². The molecule has 1 aromatic carbocycles. The molecule has 1 heterocycles. The molecule has 0 atom stereocenters. The highest BCUT2D eigenvalue weighted by atomic mass is 32.1. The van der Waals surface area contributed by atoms with Gasteiger partial charge in [-0.1, -0.05) is 12.1 Å². The number of hydrogen-bond acceptors (Lipinski definition) is 5. The Morgan fingerprint density at radius 3 is 2.85 bits per heavy atom. The van der Waals surface area contributed by atoms with Crippen LogP contribution in [0.4, 0.5) is 0 Å². The molecular formula is C13H12N2O4S. The molecular weight excluding hydrogens is 280 g/mol. The molecule has 6 nitrogen and oxygen atoms in total. The number of thiazole rings is 1. The molecule has 104 valence electrons. The van der Waals surface area contributed by atoms with Crippen LogP contribution >= 0.6 is 11.3 Å². The van der Waals surface area contributed by atoms with E-state index in [0.29, 0.717) is 14.9 Å². The summed E-state index contributed by atoms with van der Waals surface area (Å²) in [5, 5.41) is 10.5. The van der Waals surface area contributed by atoms with E-state index in [1.165, 1.54) is 11.6 Å². The van der Waals surface area contributed by atoms with Gasteiger partial charge in [-0.05, 0) is 23.8 Å². The quantitative estimate of drug-likeness (QED) is 0.602. The molecule has 0 aliphatic rings. The second-order valence-electron chi connectivity index (χ2n) is 4.00. The third-order valence-corrected chi connectivity index (χ3v) is 3.77. The van der Waals surface area contributed by atoms with Gasteiger partial charge in [-0.2, -0.15) is 0 Å². The second-order valence-corrected chi connectivity index (χ2v) is 5.07. The van der Waals surface area contributed by atoms with E-state index in [-0.39, 0.29) is 5.56 Å². The van der Waals surface area contributed by atoms with Gasteiger partial charge in [0.2, 0.25) is 0 Å². The summed E-state index contributed by atoms with van der Waals surface area (Å²) in [7, 11) is 3.07. The first-order valence-electron chi connectivity index (χ1n) is 5.68. The molecule has 2 aromatic rings. The topological polar surface area (TPSA) is 74.4 Å². The lowest BCUT2D eigenvalue weighted by Gasteiger charge is -1.99. The van der Waals surface area contributed by atoms with Crippen LogP contribution in [0.3, 0.4) is 0 Å². The minimum atomic E-state index is -0.569. The molecule has 2 rings (SSSR count). The molecule has 0 aliphatic heterocycles. The second kappa shape index (κ2) is 5.70. The van der Waals surface area contributed by atoms with Crippen LogP contribution in [0.1, 0.15) is 5.56 Å². The summed E-state index contributed by atoms with van der Waals surface area (Å²) >= 11 is 1.08. The maximum Gasteiger partial charge on any atom is 0.268 e. The van der Waals surface area contributed by atoms with Crippen LogP contribution in [-0.2, 0) is 7.05 Å². The van der Waals surface area contributed by atoms with Crippen molar-refractivity contribution in [2.75, 3.05) is 7.11 Å². The number of nitrogens with zero attached hydrogens (tertiary/aromatic N) is 2. The normalized spacial score (nSPS) is 12.7.